The molecule has 18 heavy (non-hydrogen) atoms. The molecule has 4 heteroatoms. The zero-order chi connectivity index (χ0) is 13.1. The highest BCUT2D eigenvalue weighted by Crippen LogP contribution is 2.13. The average Bonchev–Trinajstić information content (AvgIpc) is 2.80. The van der Waals surface area contributed by atoms with E-state index in [4.69, 9.17) is 5.73 Å². The lowest BCUT2D eigenvalue weighted by atomic mass is 10.1. The Morgan fingerprint density at radius 2 is 2.17 bits per heavy atom. The van der Waals surface area contributed by atoms with Gasteiger partial charge in [0.25, 0.3) is 5.91 Å². The molecule has 2 N–H and O–H groups in total. The van der Waals surface area contributed by atoms with Crippen molar-refractivity contribution in [2.45, 2.75) is 20.3 Å². The molecule has 4 nitrogen and oxygen atoms in total. The van der Waals surface area contributed by atoms with Crippen LogP contribution in [0.1, 0.15) is 27.2 Å². The van der Waals surface area contributed by atoms with Gasteiger partial charge in [-0.3, -0.25) is 9.36 Å². The van der Waals surface area contributed by atoms with Crippen LogP contribution in [0, 0.1) is 13.8 Å². The molecule has 0 unspecified atom stereocenters. The van der Waals surface area contributed by atoms with E-state index in [0.29, 0.717) is 18.5 Å². The lowest BCUT2D eigenvalue weighted by Crippen LogP contribution is -2.12. The Bertz CT molecular complexity index is 572. The van der Waals surface area contributed by atoms with E-state index in [1.165, 1.54) is 4.57 Å². The van der Waals surface area contributed by atoms with Gasteiger partial charge in [-0.2, -0.15) is 0 Å². The molecule has 0 atom stereocenters. The van der Waals surface area contributed by atoms with Gasteiger partial charge < -0.3 is 5.73 Å². The first-order valence-electron chi connectivity index (χ1n) is 5.96. The number of rotatable bonds is 3. The lowest BCUT2D eigenvalue weighted by Gasteiger charge is -2.06. The molecular formula is C14H17N3O. The fourth-order valence-electron chi connectivity index (χ4n) is 1.86. The molecule has 2 rings (SSSR count). The summed E-state index contributed by atoms with van der Waals surface area (Å²) in [5, 5.41) is 0. The van der Waals surface area contributed by atoms with E-state index < -0.39 is 0 Å². The van der Waals surface area contributed by atoms with Crippen LogP contribution >= 0.6 is 0 Å². The molecule has 0 bridgehead atoms. The predicted molar refractivity (Wildman–Crippen MR) is 70.6 cm³/mol. The van der Waals surface area contributed by atoms with Gasteiger partial charge in [-0.05, 0) is 32.0 Å². The third-order valence-corrected chi connectivity index (χ3v) is 2.89. The number of hydrogen-bond acceptors (Lipinski definition) is 3. The number of aromatic nitrogens is 2. The molecular weight excluding hydrogens is 226 g/mol. The number of benzene rings is 1. The van der Waals surface area contributed by atoms with Crippen molar-refractivity contribution in [1.82, 2.24) is 9.55 Å². The molecule has 2 aromatic rings. The summed E-state index contributed by atoms with van der Waals surface area (Å²) < 4.78 is 1.52. The molecule has 0 radical (unpaired) electrons. The minimum atomic E-state index is -0.0491. The number of nitrogens with zero attached hydrogens (tertiary/aromatic N) is 2. The zero-order valence-electron chi connectivity index (χ0n) is 10.7. The van der Waals surface area contributed by atoms with Gasteiger partial charge >= 0.3 is 0 Å². The van der Waals surface area contributed by atoms with Crippen molar-refractivity contribution in [3.63, 3.8) is 0 Å². The molecule has 0 aliphatic carbocycles. The molecule has 0 fully saturated rings. The van der Waals surface area contributed by atoms with E-state index in [0.717, 1.165) is 16.8 Å². The number of carbonyl (C=O) groups is 1. The Hall–Kier alpha value is -1.94. The Kier molecular flexibility index (Phi) is 3.58. The number of imidazole rings is 1. The normalized spacial score (nSPS) is 10.6. The summed E-state index contributed by atoms with van der Waals surface area (Å²) in [4.78, 5) is 16.5. The predicted octanol–water partition coefficient (Wildman–Crippen LogP) is 1.69. The molecule has 94 valence electrons. The maximum absolute atomic E-state index is 12.3. The van der Waals surface area contributed by atoms with Crippen molar-refractivity contribution in [1.29, 1.82) is 0 Å². The largest absolute Gasteiger partial charge is 0.330 e. The molecule has 0 aliphatic rings. The summed E-state index contributed by atoms with van der Waals surface area (Å²) in [6.45, 7) is 4.45. The van der Waals surface area contributed by atoms with Crippen molar-refractivity contribution in [2.24, 2.45) is 5.73 Å². The molecule has 0 amide bonds. The van der Waals surface area contributed by atoms with Gasteiger partial charge in [-0.15, -0.1) is 0 Å². The molecule has 0 spiro atoms. The van der Waals surface area contributed by atoms with Crippen LogP contribution in [0.25, 0.3) is 0 Å². The van der Waals surface area contributed by atoms with E-state index in [-0.39, 0.29) is 5.91 Å². The van der Waals surface area contributed by atoms with Crippen LogP contribution in [0.3, 0.4) is 0 Å². The highest BCUT2D eigenvalue weighted by atomic mass is 16.2. The monoisotopic (exact) mass is 243 g/mol. The van der Waals surface area contributed by atoms with E-state index >= 15 is 0 Å². The molecule has 0 saturated carbocycles. The Morgan fingerprint density at radius 3 is 2.89 bits per heavy atom. The van der Waals surface area contributed by atoms with Crippen molar-refractivity contribution in [3.05, 3.63) is 53.1 Å². The second-order valence-electron chi connectivity index (χ2n) is 4.43. The second-order valence-corrected chi connectivity index (χ2v) is 4.43. The van der Waals surface area contributed by atoms with Crippen molar-refractivity contribution < 1.29 is 4.79 Å². The third-order valence-electron chi connectivity index (χ3n) is 2.89. The smallest absolute Gasteiger partial charge is 0.263 e. The third kappa shape index (κ3) is 2.49. The molecule has 1 aromatic carbocycles. The van der Waals surface area contributed by atoms with Gasteiger partial charge in [0, 0.05) is 18.2 Å². The van der Waals surface area contributed by atoms with Crippen LogP contribution in [0.4, 0.5) is 0 Å². The van der Waals surface area contributed by atoms with Crippen molar-refractivity contribution in [3.8, 4) is 0 Å². The maximum atomic E-state index is 12.3. The van der Waals surface area contributed by atoms with Crippen molar-refractivity contribution in [2.75, 3.05) is 6.54 Å². The highest BCUT2D eigenvalue weighted by Gasteiger charge is 2.12. The Balaban J connectivity index is 2.32. The van der Waals surface area contributed by atoms with Gasteiger partial charge in [0.15, 0.2) is 0 Å². The SMILES string of the molecule is Cc1ccc(C)c(C(=O)n2cnc(CCN)c2)c1. The average molecular weight is 243 g/mol. The van der Waals surface area contributed by atoms with Crippen LogP contribution in [-0.4, -0.2) is 22.0 Å². The number of aryl methyl sites for hydroxylation is 2. The minimum absolute atomic E-state index is 0.0491. The highest BCUT2D eigenvalue weighted by molar-refractivity contribution is 5.97. The van der Waals surface area contributed by atoms with E-state index in [1.807, 2.05) is 32.0 Å². The standard InChI is InChI=1S/C14H17N3O/c1-10-3-4-11(2)13(7-10)14(18)17-8-12(5-6-15)16-9-17/h3-4,7-9H,5-6,15H2,1-2H3. The Morgan fingerprint density at radius 1 is 1.39 bits per heavy atom. The van der Waals surface area contributed by atoms with Crippen LogP contribution < -0.4 is 5.73 Å². The van der Waals surface area contributed by atoms with Gasteiger partial charge in [0.1, 0.15) is 6.33 Å². The summed E-state index contributed by atoms with van der Waals surface area (Å²) in [6, 6.07) is 5.86. The number of hydrogen-bond donors (Lipinski definition) is 1. The first kappa shape index (κ1) is 12.5. The fraction of sp³-hybridized carbons (Fsp3) is 0.286. The lowest BCUT2D eigenvalue weighted by molar-refractivity contribution is 0.0959. The van der Waals surface area contributed by atoms with Gasteiger partial charge in [-0.25, -0.2) is 4.98 Å². The minimum Gasteiger partial charge on any atom is -0.330 e. The summed E-state index contributed by atoms with van der Waals surface area (Å²) in [7, 11) is 0. The summed E-state index contributed by atoms with van der Waals surface area (Å²) in [6.07, 6.45) is 3.99. The summed E-state index contributed by atoms with van der Waals surface area (Å²) in [5.74, 6) is -0.0491. The number of carbonyl (C=O) groups excluding carboxylic acids is 1. The summed E-state index contributed by atoms with van der Waals surface area (Å²) in [5.41, 5.74) is 9.07. The summed E-state index contributed by atoms with van der Waals surface area (Å²) >= 11 is 0. The molecule has 1 aromatic heterocycles. The first-order valence-corrected chi connectivity index (χ1v) is 5.96. The molecule has 0 aliphatic heterocycles. The van der Waals surface area contributed by atoms with Gasteiger partial charge in [0.2, 0.25) is 0 Å². The topological polar surface area (TPSA) is 60.9 Å². The van der Waals surface area contributed by atoms with E-state index in [9.17, 15) is 4.79 Å². The van der Waals surface area contributed by atoms with Gasteiger partial charge in [-0.1, -0.05) is 17.7 Å². The van der Waals surface area contributed by atoms with Crippen LogP contribution in [0.2, 0.25) is 0 Å². The van der Waals surface area contributed by atoms with E-state index in [2.05, 4.69) is 4.98 Å². The number of nitrogens with two attached hydrogens (primary N) is 1. The molecule has 0 saturated heterocycles. The van der Waals surface area contributed by atoms with E-state index in [1.54, 1.807) is 12.5 Å². The molecule has 1 heterocycles. The zero-order valence-corrected chi connectivity index (χ0v) is 10.7. The Labute approximate surface area is 106 Å². The van der Waals surface area contributed by atoms with Crippen LogP contribution in [0.5, 0.6) is 0 Å². The van der Waals surface area contributed by atoms with Crippen LogP contribution in [-0.2, 0) is 6.42 Å². The van der Waals surface area contributed by atoms with Gasteiger partial charge in [0.05, 0.1) is 5.69 Å². The fourth-order valence-corrected chi connectivity index (χ4v) is 1.86. The second kappa shape index (κ2) is 5.14. The maximum Gasteiger partial charge on any atom is 0.263 e. The quantitative estimate of drug-likeness (QED) is 0.892. The van der Waals surface area contributed by atoms with Crippen molar-refractivity contribution >= 4 is 5.91 Å². The van der Waals surface area contributed by atoms with Crippen LogP contribution in [0.15, 0.2) is 30.7 Å². The first-order chi connectivity index (χ1) is 8.61.